The van der Waals surface area contributed by atoms with E-state index in [2.05, 4.69) is 36.1 Å². The van der Waals surface area contributed by atoms with E-state index in [1.165, 1.54) is 11.3 Å². The normalized spacial score (nSPS) is 11.1. The van der Waals surface area contributed by atoms with Gasteiger partial charge in [0.25, 0.3) is 5.91 Å². The van der Waals surface area contributed by atoms with Gasteiger partial charge in [-0.2, -0.15) is 0 Å². The first-order valence-corrected chi connectivity index (χ1v) is 9.43. The van der Waals surface area contributed by atoms with E-state index in [0.29, 0.717) is 24.1 Å². The van der Waals surface area contributed by atoms with Crippen LogP contribution in [0.5, 0.6) is 11.5 Å². The smallest absolute Gasteiger partial charge is 0.261 e. The van der Waals surface area contributed by atoms with Gasteiger partial charge in [-0.3, -0.25) is 4.79 Å². The zero-order valence-corrected chi connectivity index (χ0v) is 16.4. The first-order chi connectivity index (χ1) is 12.5. The van der Waals surface area contributed by atoms with Gasteiger partial charge in [0.1, 0.15) is 0 Å². The standard InChI is InChI=1S/C20H24N2O3S/c1-13(2)22-11-15-10-18(26-19(15)12-22)20(23)21-8-7-14-5-6-16(24-3)17(9-14)25-4/h5-6,9-13H,7-8H2,1-4H3,(H,21,23). The maximum absolute atomic E-state index is 12.4. The quantitative estimate of drug-likeness (QED) is 0.674. The average molecular weight is 372 g/mol. The van der Waals surface area contributed by atoms with Crippen LogP contribution in [0.3, 0.4) is 0 Å². The summed E-state index contributed by atoms with van der Waals surface area (Å²) in [6.45, 7) is 4.86. The molecule has 5 nitrogen and oxygen atoms in total. The van der Waals surface area contributed by atoms with E-state index in [9.17, 15) is 4.79 Å². The van der Waals surface area contributed by atoms with Gasteiger partial charge in [0, 0.05) is 30.4 Å². The van der Waals surface area contributed by atoms with Gasteiger partial charge in [-0.15, -0.1) is 11.3 Å². The summed E-state index contributed by atoms with van der Waals surface area (Å²) in [5.74, 6) is 1.38. The molecule has 0 aliphatic carbocycles. The van der Waals surface area contributed by atoms with Gasteiger partial charge in [0.05, 0.1) is 23.8 Å². The Morgan fingerprint density at radius 2 is 1.92 bits per heavy atom. The maximum atomic E-state index is 12.4. The number of nitrogens with zero attached hydrogens (tertiary/aromatic N) is 1. The zero-order chi connectivity index (χ0) is 18.7. The van der Waals surface area contributed by atoms with Crippen LogP contribution in [0.4, 0.5) is 0 Å². The summed E-state index contributed by atoms with van der Waals surface area (Å²) in [5.41, 5.74) is 1.09. The Morgan fingerprint density at radius 1 is 1.15 bits per heavy atom. The van der Waals surface area contributed by atoms with Gasteiger partial charge in [-0.25, -0.2) is 0 Å². The third-order valence-electron chi connectivity index (χ3n) is 4.31. The molecule has 2 aromatic heterocycles. The molecule has 0 unspecified atom stereocenters. The van der Waals surface area contributed by atoms with Crippen LogP contribution >= 0.6 is 11.3 Å². The van der Waals surface area contributed by atoms with Crippen LogP contribution < -0.4 is 14.8 Å². The number of amides is 1. The molecule has 0 atom stereocenters. The molecule has 0 aliphatic heterocycles. The van der Waals surface area contributed by atoms with Crippen molar-refractivity contribution in [1.29, 1.82) is 0 Å². The summed E-state index contributed by atoms with van der Waals surface area (Å²) < 4.78 is 13.9. The topological polar surface area (TPSA) is 52.5 Å². The van der Waals surface area contributed by atoms with Gasteiger partial charge in [0.2, 0.25) is 0 Å². The molecule has 0 aliphatic rings. The van der Waals surface area contributed by atoms with Gasteiger partial charge in [-0.05, 0) is 44.0 Å². The van der Waals surface area contributed by atoms with Crippen molar-refractivity contribution in [2.45, 2.75) is 26.3 Å². The molecule has 1 amide bonds. The van der Waals surface area contributed by atoms with E-state index < -0.39 is 0 Å². The number of benzene rings is 1. The molecule has 0 bridgehead atoms. The Hall–Kier alpha value is -2.47. The predicted molar refractivity (Wildman–Crippen MR) is 106 cm³/mol. The molecule has 3 rings (SSSR count). The average Bonchev–Trinajstić information content (AvgIpc) is 3.20. The molecule has 0 fully saturated rings. The molecule has 6 heteroatoms. The minimum absolute atomic E-state index is 0.0252. The molecule has 3 aromatic rings. The lowest BCUT2D eigenvalue weighted by Crippen LogP contribution is -2.24. The van der Waals surface area contributed by atoms with Crippen molar-refractivity contribution in [3.8, 4) is 11.5 Å². The third-order valence-corrected chi connectivity index (χ3v) is 5.40. The highest BCUT2D eigenvalue weighted by atomic mass is 32.1. The second-order valence-corrected chi connectivity index (χ2v) is 7.51. The Morgan fingerprint density at radius 3 is 2.58 bits per heavy atom. The van der Waals surface area contributed by atoms with E-state index in [0.717, 1.165) is 26.9 Å². The Kier molecular flexibility index (Phi) is 5.52. The molecule has 26 heavy (non-hydrogen) atoms. The van der Waals surface area contributed by atoms with Gasteiger partial charge >= 0.3 is 0 Å². The molecule has 0 radical (unpaired) electrons. The molecule has 138 valence electrons. The number of methoxy groups -OCH3 is 2. The molecule has 1 N–H and O–H groups in total. The van der Waals surface area contributed by atoms with Gasteiger partial charge in [0.15, 0.2) is 11.5 Å². The number of carbonyl (C=O) groups excluding carboxylic acids is 1. The minimum Gasteiger partial charge on any atom is -0.493 e. The van der Waals surface area contributed by atoms with Crippen molar-refractivity contribution in [2.24, 2.45) is 0 Å². The molecule has 0 spiro atoms. The largest absolute Gasteiger partial charge is 0.493 e. The number of carbonyl (C=O) groups is 1. The lowest BCUT2D eigenvalue weighted by Gasteiger charge is -2.10. The van der Waals surface area contributed by atoms with Gasteiger partial charge < -0.3 is 19.4 Å². The fourth-order valence-corrected chi connectivity index (χ4v) is 3.80. The number of ether oxygens (including phenoxy) is 2. The highest BCUT2D eigenvalue weighted by Crippen LogP contribution is 2.29. The lowest BCUT2D eigenvalue weighted by molar-refractivity contribution is 0.0958. The van der Waals surface area contributed by atoms with Crippen LogP contribution in [0.15, 0.2) is 36.7 Å². The summed E-state index contributed by atoms with van der Waals surface area (Å²) in [6, 6.07) is 8.19. The Bertz CT molecular complexity index is 880. The monoisotopic (exact) mass is 372 g/mol. The zero-order valence-electron chi connectivity index (χ0n) is 15.5. The predicted octanol–water partition coefficient (Wildman–Crippen LogP) is 4.27. The van der Waals surface area contributed by atoms with E-state index in [1.807, 2.05) is 24.3 Å². The fourth-order valence-electron chi connectivity index (χ4n) is 2.81. The molecule has 0 saturated heterocycles. The maximum Gasteiger partial charge on any atom is 0.261 e. The summed E-state index contributed by atoms with van der Waals surface area (Å²) in [4.78, 5) is 13.1. The van der Waals surface area contributed by atoms with Crippen molar-refractivity contribution in [1.82, 2.24) is 9.88 Å². The SMILES string of the molecule is COc1ccc(CCNC(=O)c2cc3cn(C(C)C)cc3s2)cc1OC. The second-order valence-electron chi connectivity index (χ2n) is 6.42. The number of aromatic nitrogens is 1. The molecular formula is C20H24N2O3S. The second kappa shape index (κ2) is 7.83. The van der Waals surface area contributed by atoms with Crippen molar-refractivity contribution >= 4 is 27.3 Å². The number of fused-ring (bicyclic) bond motifs is 1. The summed E-state index contributed by atoms with van der Waals surface area (Å²) >= 11 is 1.53. The molecule has 1 aromatic carbocycles. The minimum atomic E-state index is -0.0252. The number of rotatable bonds is 7. The van der Waals surface area contributed by atoms with Crippen molar-refractivity contribution in [2.75, 3.05) is 20.8 Å². The number of thiophene rings is 1. The Balaban J connectivity index is 1.59. The third kappa shape index (κ3) is 3.85. The molecule has 2 heterocycles. The highest BCUT2D eigenvalue weighted by molar-refractivity contribution is 7.20. The van der Waals surface area contributed by atoms with Crippen molar-refractivity contribution in [3.05, 3.63) is 47.1 Å². The summed E-state index contributed by atoms with van der Waals surface area (Å²) in [7, 11) is 3.24. The fraction of sp³-hybridized carbons (Fsp3) is 0.350. The lowest BCUT2D eigenvalue weighted by atomic mass is 10.1. The van der Waals surface area contributed by atoms with E-state index in [1.54, 1.807) is 14.2 Å². The van der Waals surface area contributed by atoms with Gasteiger partial charge in [-0.1, -0.05) is 6.07 Å². The first-order valence-electron chi connectivity index (χ1n) is 8.62. The summed E-state index contributed by atoms with van der Waals surface area (Å²) in [6.07, 6.45) is 4.93. The van der Waals surface area contributed by atoms with Crippen LogP contribution in [0, 0.1) is 0 Å². The van der Waals surface area contributed by atoms with Crippen molar-refractivity contribution < 1.29 is 14.3 Å². The highest BCUT2D eigenvalue weighted by Gasteiger charge is 2.12. The Labute approximate surface area is 157 Å². The first kappa shape index (κ1) is 18.3. The van der Waals surface area contributed by atoms with E-state index in [4.69, 9.17) is 9.47 Å². The number of hydrogen-bond donors (Lipinski definition) is 1. The van der Waals surface area contributed by atoms with E-state index in [-0.39, 0.29) is 5.91 Å². The number of hydrogen-bond acceptors (Lipinski definition) is 4. The molecule has 0 saturated carbocycles. The van der Waals surface area contributed by atoms with Crippen LogP contribution in [0.25, 0.3) is 10.1 Å². The van der Waals surface area contributed by atoms with Crippen LogP contribution in [-0.4, -0.2) is 31.2 Å². The van der Waals surface area contributed by atoms with Crippen LogP contribution in [-0.2, 0) is 6.42 Å². The van der Waals surface area contributed by atoms with E-state index >= 15 is 0 Å². The van der Waals surface area contributed by atoms with Crippen molar-refractivity contribution in [3.63, 3.8) is 0 Å². The summed E-state index contributed by atoms with van der Waals surface area (Å²) in [5, 5.41) is 4.11. The van der Waals surface area contributed by atoms with Crippen LogP contribution in [0.2, 0.25) is 0 Å². The van der Waals surface area contributed by atoms with Crippen LogP contribution in [0.1, 0.15) is 35.1 Å². The molecular weight excluding hydrogens is 348 g/mol. The number of nitrogens with one attached hydrogen (secondary N) is 1.